The molecule has 1 fully saturated rings. The van der Waals surface area contributed by atoms with Crippen LogP contribution in [0.15, 0.2) is 29.0 Å². The molecule has 186 valence electrons. The summed E-state index contributed by atoms with van der Waals surface area (Å²) in [5, 5.41) is 15.6. The summed E-state index contributed by atoms with van der Waals surface area (Å²) in [6, 6.07) is 1.19. The zero-order valence-corrected chi connectivity index (χ0v) is 18.4. The van der Waals surface area contributed by atoms with Crippen LogP contribution >= 0.6 is 0 Å². The Balaban J connectivity index is 1.35. The molecule has 0 atom stereocenters. The molecule has 0 unspecified atom stereocenters. The van der Waals surface area contributed by atoms with Gasteiger partial charge < -0.3 is 14.9 Å². The number of nitrogens with zero attached hydrogens (tertiary/aromatic N) is 4. The molecule has 0 spiro atoms. The predicted octanol–water partition coefficient (Wildman–Crippen LogP) is 4.41. The molecule has 1 aliphatic carbocycles. The molecule has 0 aliphatic heterocycles. The van der Waals surface area contributed by atoms with Crippen molar-refractivity contribution >= 4 is 5.91 Å². The summed E-state index contributed by atoms with van der Waals surface area (Å²) in [6.45, 7) is 2.17. The van der Waals surface area contributed by atoms with Crippen LogP contribution in [0.25, 0.3) is 11.5 Å². The molecular formula is C22H20F5N5O3. The van der Waals surface area contributed by atoms with E-state index in [0.29, 0.717) is 49.9 Å². The van der Waals surface area contributed by atoms with E-state index in [1.807, 2.05) is 6.92 Å². The Kier molecular flexibility index (Phi) is 6.43. The first-order valence-corrected chi connectivity index (χ1v) is 10.7. The number of carbonyl (C=O) groups is 1. The Morgan fingerprint density at radius 1 is 1.17 bits per heavy atom. The van der Waals surface area contributed by atoms with Gasteiger partial charge in [-0.15, -0.1) is 0 Å². The summed E-state index contributed by atoms with van der Waals surface area (Å²) in [6.07, 6.45) is -0.491. The molecule has 35 heavy (non-hydrogen) atoms. The molecule has 8 nitrogen and oxygen atoms in total. The molecule has 2 heterocycles. The average molecular weight is 497 g/mol. The molecule has 2 N–H and O–H groups in total. The fourth-order valence-electron chi connectivity index (χ4n) is 3.94. The molecule has 4 rings (SSSR count). The summed E-state index contributed by atoms with van der Waals surface area (Å²) in [5.74, 6) is -3.36. The zero-order chi connectivity index (χ0) is 25.4. The number of phenolic OH excluding ortho intramolecular Hbond substituents is 1. The summed E-state index contributed by atoms with van der Waals surface area (Å²) in [7, 11) is 0. The van der Waals surface area contributed by atoms with Crippen LogP contribution in [-0.4, -0.2) is 37.7 Å². The van der Waals surface area contributed by atoms with Crippen LogP contribution < -0.4 is 5.32 Å². The molecule has 1 amide bonds. The van der Waals surface area contributed by atoms with Gasteiger partial charge in [-0.1, -0.05) is 12.1 Å². The Morgan fingerprint density at radius 2 is 1.89 bits per heavy atom. The Morgan fingerprint density at radius 3 is 2.51 bits per heavy atom. The van der Waals surface area contributed by atoms with Gasteiger partial charge in [-0.3, -0.25) is 4.79 Å². The number of nitrogens with one attached hydrogen (secondary N) is 1. The van der Waals surface area contributed by atoms with Crippen molar-refractivity contribution < 1.29 is 36.4 Å². The number of aromatic hydroxyl groups is 1. The highest BCUT2D eigenvalue weighted by Crippen LogP contribution is 2.41. The molecule has 13 heteroatoms. The van der Waals surface area contributed by atoms with E-state index in [4.69, 9.17) is 4.52 Å². The van der Waals surface area contributed by atoms with Gasteiger partial charge in [-0.05, 0) is 37.7 Å². The standard InChI is InChI=1S/C22H20F5N5O3/c1-21(20-31-18(32-35-20)15-9-29-17(10-28-15)22(25,26)27)4-2-11(3-5-21)8-30-19(34)12-6-14(24)16(33)7-13(12)23/h6-7,9-11,33H,2-5,8H2,1H3,(H,30,34). The molecule has 1 aliphatic rings. The first kappa shape index (κ1) is 24.5. The minimum absolute atomic E-state index is 0.0278. The van der Waals surface area contributed by atoms with E-state index >= 15 is 0 Å². The second kappa shape index (κ2) is 9.19. The Bertz CT molecular complexity index is 1220. The number of phenols is 1. The zero-order valence-electron chi connectivity index (χ0n) is 18.4. The predicted molar refractivity (Wildman–Crippen MR) is 110 cm³/mol. The summed E-state index contributed by atoms with van der Waals surface area (Å²) in [4.78, 5) is 23.6. The van der Waals surface area contributed by atoms with Crippen LogP contribution in [0, 0.1) is 17.6 Å². The van der Waals surface area contributed by atoms with Crippen molar-refractivity contribution in [3.05, 3.63) is 53.3 Å². The first-order valence-electron chi connectivity index (χ1n) is 10.7. The number of alkyl halides is 3. The van der Waals surface area contributed by atoms with E-state index < -0.39 is 46.1 Å². The van der Waals surface area contributed by atoms with Gasteiger partial charge in [0.05, 0.1) is 18.0 Å². The number of rotatable bonds is 5. The van der Waals surface area contributed by atoms with Crippen molar-refractivity contribution in [1.29, 1.82) is 0 Å². The summed E-state index contributed by atoms with van der Waals surface area (Å²) in [5.41, 5.74) is -2.06. The van der Waals surface area contributed by atoms with Crippen LogP contribution in [0.3, 0.4) is 0 Å². The van der Waals surface area contributed by atoms with Gasteiger partial charge in [-0.2, -0.15) is 18.2 Å². The lowest BCUT2D eigenvalue weighted by molar-refractivity contribution is -0.141. The molecular weight excluding hydrogens is 477 g/mol. The van der Waals surface area contributed by atoms with Gasteiger partial charge in [-0.25, -0.2) is 18.7 Å². The van der Waals surface area contributed by atoms with Gasteiger partial charge in [0, 0.05) is 18.0 Å². The molecule has 1 aromatic carbocycles. The molecule has 2 aromatic heterocycles. The van der Waals surface area contributed by atoms with Crippen LogP contribution in [0.2, 0.25) is 0 Å². The van der Waals surface area contributed by atoms with Gasteiger partial charge >= 0.3 is 6.18 Å². The highest BCUT2D eigenvalue weighted by molar-refractivity contribution is 5.94. The third-order valence-corrected chi connectivity index (χ3v) is 6.15. The van der Waals surface area contributed by atoms with Crippen molar-refractivity contribution in [3.63, 3.8) is 0 Å². The quantitative estimate of drug-likeness (QED) is 0.502. The number of aromatic nitrogens is 4. The lowest BCUT2D eigenvalue weighted by atomic mass is 9.71. The summed E-state index contributed by atoms with van der Waals surface area (Å²) >= 11 is 0. The highest BCUT2D eigenvalue weighted by Gasteiger charge is 2.38. The fraction of sp³-hybridized carbons (Fsp3) is 0.409. The van der Waals surface area contributed by atoms with Crippen LogP contribution in [0.4, 0.5) is 22.0 Å². The minimum atomic E-state index is -4.60. The van der Waals surface area contributed by atoms with Gasteiger partial charge in [0.15, 0.2) is 17.3 Å². The molecule has 0 saturated heterocycles. The third-order valence-electron chi connectivity index (χ3n) is 6.15. The second-order valence-electron chi connectivity index (χ2n) is 8.71. The second-order valence-corrected chi connectivity index (χ2v) is 8.71. The van der Waals surface area contributed by atoms with E-state index in [1.54, 1.807) is 0 Å². The van der Waals surface area contributed by atoms with Gasteiger partial charge in [0.25, 0.3) is 5.91 Å². The maximum atomic E-state index is 13.9. The van der Waals surface area contributed by atoms with E-state index in [0.717, 1.165) is 6.20 Å². The highest BCUT2D eigenvalue weighted by atomic mass is 19.4. The van der Waals surface area contributed by atoms with E-state index in [9.17, 15) is 31.9 Å². The van der Waals surface area contributed by atoms with Crippen molar-refractivity contribution in [2.24, 2.45) is 5.92 Å². The average Bonchev–Trinajstić information content (AvgIpc) is 3.32. The number of benzene rings is 1. The van der Waals surface area contributed by atoms with E-state index in [2.05, 4.69) is 25.4 Å². The lowest BCUT2D eigenvalue weighted by Gasteiger charge is -2.34. The number of hydrogen-bond donors (Lipinski definition) is 2. The molecule has 0 bridgehead atoms. The van der Waals surface area contributed by atoms with E-state index in [-0.39, 0.29) is 24.0 Å². The number of hydrogen-bond acceptors (Lipinski definition) is 7. The smallest absolute Gasteiger partial charge is 0.434 e. The van der Waals surface area contributed by atoms with Crippen molar-refractivity contribution in [2.75, 3.05) is 6.54 Å². The SMILES string of the molecule is CC1(c2nc(-c3cnc(C(F)(F)F)cn3)no2)CCC(CNC(=O)c2cc(F)c(O)cc2F)CC1. The molecule has 3 aromatic rings. The largest absolute Gasteiger partial charge is 0.505 e. The summed E-state index contributed by atoms with van der Waals surface area (Å²) < 4.78 is 70.7. The normalized spacial score (nSPS) is 20.6. The fourth-order valence-corrected chi connectivity index (χ4v) is 3.94. The topological polar surface area (TPSA) is 114 Å². The Labute approximate surface area is 195 Å². The van der Waals surface area contributed by atoms with Crippen LogP contribution in [0.1, 0.15) is 54.5 Å². The van der Waals surface area contributed by atoms with Crippen LogP contribution in [-0.2, 0) is 11.6 Å². The van der Waals surface area contributed by atoms with Crippen molar-refractivity contribution in [1.82, 2.24) is 25.4 Å². The maximum absolute atomic E-state index is 13.9. The van der Waals surface area contributed by atoms with Gasteiger partial charge in [0.2, 0.25) is 11.7 Å². The van der Waals surface area contributed by atoms with Crippen molar-refractivity contribution in [3.8, 4) is 17.3 Å². The van der Waals surface area contributed by atoms with Crippen molar-refractivity contribution in [2.45, 2.75) is 44.2 Å². The monoisotopic (exact) mass is 497 g/mol. The molecule has 0 radical (unpaired) electrons. The molecule has 1 saturated carbocycles. The lowest BCUT2D eigenvalue weighted by Crippen LogP contribution is -2.35. The first-order chi connectivity index (χ1) is 16.5. The van der Waals surface area contributed by atoms with Gasteiger partial charge in [0.1, 0.15) is 11.5 Å². The number of halogens is 5. The van der Waals surface area contributed by atoms with Crippen LogP contribution in [0.5, 0.6) is 5.75 Å². The number of carbonyl (C=O) groups excluding carboxylic acids is 1. The Hall–Kier alpha value is -3.64. The maximum Gasteiger partial charge on any atom is 0.434 e. The third kappa shape index (κ3) is 5.23. The van der Waals surface area contributed by atoms with E-state index in [1.165, 1.54) is 0 Å². The number of amides is 1. The minimum Gasteiger partial charge on any atom is -0.505 e.